The lowest BCUT2D eigenvalue weighted by atomic mass is 9.76. The van der Waals surface area contributed by atoms with Crippen LogP contribution in [0, 0.1) is 0 Å². The maximum absolute atomic E-state index is 5.93. The Labute approximate surface area is 119 Å². The quantitative estimate of drug-likeness (QED) is 0.818. The van der Waals surface area contributed by atoms with E-state index in [1.165, 1.54) is 24.0 Å². The molecule has 4 rings (SSSR count). The monoisotopic (exact) mass is 268 g/mol. The maximum atomic E-state index is 5.93. The Kier molecular flexibility index (Phi) is 3.07. The van der Waals surface area contributed by atoms with E-state index in [2.05, 4.69) is 34.6 Å². The molecule has 2 aliphatic carbocycles. The minimum atomic E-state index is 0.428. The highest BCUT2D eigenvalue weighted by molar-refractivity contribution is 5.44. The number of hydrogen-bond donors (Lipinski definition) is 1. The maximum Gasteiger partial charge on any atom is 0.194 e. The molecule has 0 saturated heterocycles. The summed E-state index contributed by atoms with van der Waals surface area (Å²) in [5.74, 6) is 2.35. The van der Waals surface area contributed by atoms with Gasteiger partial charge in [0.05, 0.1) is 6.20 Å². The molecule has 20 heavy (non-hydrogen) atoms. The third kappa shape index (κ3) is 2.38. The third-order valence-corrected chi connectivity index (χ3v) is 4.35. The first-order chi connectivity index (χ1) is 9.90. The smallest absolute Gasteiger partial charge is 0.194 e. The van der Waals surface area contributed by atoms with Crippen LogP contribution in [0.5, 0.6) is 0 Å². The first-order valence-corrected chi connectivity index (χ1v) is 7.66. The molecule has 1 aromatic heterocycles. The number of nitrogens with zero attached hydrogens (tertiary/aromatic N) is 1. The van der Waals surface area contributed by atoms with Crippen LogP contribution in [0.15, 0.2) is 34.9 Å². The topological polar surface area (TPSA) is 38.1 Å². The van der Waals surface area contributed by atoms with Gasteiger partial charge in [0.2, 0.25) is 0 Å². The molecule has 1 saturated carbocycles. The Balaban J connectivity index is 1.34. The van der Waals surface area contributed by atoms with Crippen molar-refractivity contribution in [3.05, 3.63) is 53.2 Å². The number of fused-ring (bicyclic) bond motifs is 1. The molecule has 0 aliphatic heterocycles. The number of oxazole rings is 1. The van der Waals surface area contributed by atoms with Gasteiger partial charge >= 0.3 is 0 Å². The number of aromatic nitrogens is 1. The predicted octanol–water partition coefficient (Wildman–Crippen LogP) is 3.05. The lowest BCUT2D eigenvalue weighted by molar-refractivity contribution is 0.420. The van der Waals surface area contributed by atoms with Gasteiger partial charge in [0.15, 0.2) is 5.89 Å². The Morgan fingerprint density at radius 3 is 3.00 bits per heavy atom. The van der Waals surface area contributed by atoms with Crippen LogP contribution in [0.1, 0.15) is 48.0 Å². The van der Waals surface area contributed by atoms with Crippen molar-refractivity contribution in [3.63, 3.8) is 0 Å². The lowest BCUT2D eigenvalue weighted by Gasteiger charge is -2.27. The van der Waals surface area contributed by atoms with Gasteiger partial charge in [-0.25, -0.2) is 4.98 Å². The largest absolute Gasteiger partial charge is 0.445 e. The molecule has 1 atom stereocenters. The molecular formula is C17H20N2O. The highest BCUT2D eigenvalue weighted by Crippen LogP contribution is 2.40. The van der Waals surface area contributed by atoms with Crippen LogP contribution in [0.2, 0.25) is 0 Å². The Hall–Kier alpha value is -1.61. The molecule has 0 radical (unpaired) electrons. The molecule has 1 fully saturated rings. The van der Waals surface area contributed by atoms with E-state index in [0.29, 0.717) is 5.92 Å². The zero-order valence-corrected chi connectivity index (χ0v) is 11.6. The van der Waals surface area contributed by atoms with E-state index in [4.69, 9.17) is 4.42 Å². The van der Waals surface area contributed by atoms with E-state index < -0.39 is 0 Å². The van der Waals surface area contributed by atoms with Crippen LogP contribution in [-0.4, -0.2) is 17.6 Å². The second kappa shape index (κ2) is 5.06. The second-order valence-corrected chi connectivity index (χ2v) is 5.94. The van der Waals surface area contributed by atoms with Crippen molar-refractivity contribution in [2.24, 2.45) is 0 Å². The summed E-state index contributed by atoms with van der Waals surface area (Å²) in [6.07, 6.45) is 7.76. The van der Waals surface area contributed by atoms with E-state index in [9.17, 15) is 0 Å². The van der Waals surface area contributed by atoms with Gasteiger partial charge in [0.1, 0.15) is 5.76 Å². The molecule has 2 aliphatic rings. The third-order valence-electron chi connectivity index (χ3n) is 4.35. The number of hydrogen-bond acceptors (Lipinski definition) is 3. The molecule has 3 heteroatoms. The van der Waals surface area contributed by atoms with Gasteiger partial charge in [-0.3, -0.25) is 0 Å². The van der Waals surface area contributed by atoms with Crippen molar-refractivity contribution in [2.75, 3.05) is 6.54 Å². The van der Waals surface area contributed by atoms with Crippen LogP contribution >= 0.6 is 0 Å². The zero-order valence-electron chi connectivity index (χ0n) is 11.6. The van der Waals surface area contributed by atoms with Crippen molar-refractivity contribution < 1.29 is 4.42 Å². The van der Waals surface area contributed by atoms with Crippen molar-refractivity contribution in [2.45, 2.75) is 44.1 Å². The summed E-state index contributed by atoms with van der Waals surface area (Å²) in [7, 11) is 0. The van der Waals surface area contributed by atoms with Crippen LogP contribution in [0.25, 0.3) is 0 Å². The number of rotatable bonds is 6. The van der Waals surface area contributed by atoms with Crippen LogP contribution in [-0.2, 0) is 12.8 Å². The molecule has 1 N–H and O–H groups in total. The first-order valence-electron chi connectivity index (χ1n) is 7.66. The molecule has 1 heterocycles. The Morgan fingerprint density at radius 2 is 2.15 bits per heavy atom. The zero-order chi connectivity index (χ0) is 13.4. The molecule has 3 nitrogen and oxygen atoms in total. The second-order valence-electron chi connectivity index (χ2n) is 5.94. The average Bonchev–Trinajstić information content (AvgIpc) is 3.15. The van der Waals surface area contributed by atoms with Gasteiger partial charge in [-0.15, -0.1) is 0 Å². The van der Waals surface area contributed by atoms with E-state index in [-0.39, 0.29) is 0 Å². The van der Waals surface area contributed by atoms with Crippen LogP contribution in [0.4, 0.5) is 0 Å². The SMILES string of the molecule is c1ccc2c(c1)CC2c1cnc(CCCNC2CC2)o1. The van der Waals surface area contributed by atoms with Gasteiger partial charge in [-0.1, -0.05) is 24.3 Å². The standard InChI is InChI=1S/C17H20N2O/c1-2-5-14-12(4-1)10-15(14)16-11-19-17(20-16)6-3-9-18-13-7-8-13/h1-2,4-5,11,13,15,18H,3,6-10H2. The predicted molar refractivity (Wildman–Crippen MR) is 77.8 cm³/mol. The molecule has 0 spiro atoms. The van der Waals surface area contributed by atoms with Crippen molar-refractivity contribution in [1.82, 2.24) is 10.3 Å². The lowest BCUT2D eigenvalue weighted by Crippen LogP contribution is -2.18. The van der Waals surface area contributed by atoms with E-state index in [1.54, 1.807) is 0 Å². The van der Waals surface area contributed by atoms with Gasteiger partial charge in [0, 0.05) is 18.4 Å². The first kappa shape index (κ1) is 12.2. The summed E-state index contributed by atoms with van der Waals surface area (Å²) in [5, 5.41) is 3.52. The summed E-state index contributed by atoms with van der Waals surface area (Å²) in [5.41, 5.74) is 2.86. The number of aryl methyl sites for hydroxylation is 1. The molecule has 1 aromatic carbocycles. The number of benzene rings is 1. The summed E-state index contributed by atoms with van der Waals surface area (Å²) >= 11 is 0. The van der Waals surface area contributed by atoms with Crippen molar-refractivity contribution in [3.8, 4) is 0 Å². The highest BCUT2D eigenvalue weighted by Gasteiger charge is 2.29. The molecule has 1 unspecified atom stereocenters. The summed E-state index contributed by atoms with van der Waals surface area (Å²) in [6, 6.07) is 9.40. The van der Waals surface area contributed by atoms with Crippen molar-refractivity contribution >= 4 is 0 Å². The Bertz CT molecular complexity index is 601. The fourth-order valence-corrected chi connectivity index (χ4v) is 2.95. The molecular weight excluding hydrogens is 248 g/mol. The fraction of sp³-hybridized carbons (Fsp3) is 0.471. The van der Waals surface area contributed by atoms with E-state index >= 15 is 0 Å². The van der Waals surface area contributed by atoms with Gasteiger partial charge in [-0.05, 0) is 43.4 Å². The van der Waals surface area contributed by atoms with Gasteiger partial charge < -0.3 is 9.73 Å². The number of nitrogens with one attached hydrogen (secondary N) is 1. The van der Waals surface area contributed by atoms with Crippen LogP contribution < -0.4 is 5.32 Å². The fourth-order valence-electron chi connectivity index (χ4n) is 2.95. The van der Waals surface area contributed by atoms with E-state index in [0.717, 1.165) is 43.5 Å². The molecule has 0 bridgehead atoms. The van der Waals surface area contributed by atoms with Crippen molar-refractivity contribution in [1.29, 1.82) is 0 Å². The molecule has 0 amide bonds. The minimum absolute atomic E-state index is 0.428. The normalized spacial score (nSPS) is 20.5. The Morgan fingerprint density at radius 1 is 1.25 bits per heavy atom. The summed E-state index contributed by atoms with van der Waals surface area (Å²) in [6.45, 7) is 1.08. The molecule has 2 aromatic rings. The molecule has 104 valence electrons. The van der Waals surface area contributed by atoms with Gasteiger partial charge in [0.25, 0.3) is 0 Å². The summed E-state index contributed by atoms with van der Waals surface area (Å²) < 4.78 is 5.93. The van der Waals surface area contributed by atoms with Crippen LogP contribution in [0.3, 0.4) is 0 Å². The average molecular weight is 268 g/mol. The minimum Gasteiger partial charge on any atom is -0.445 e. The highest BCUT2D eigenvalue weighted by atomic mass is 16.4. The van der Waals surface area contributed by atoms with E-state index in [1.807, 2.05) is 6.20 Å². The van der Waals surface area contributed by atoms with Gasteiger partial charge in [-0.2, -0.15) is 0 Å². The summed E-state index contributed by atoms with van der Waals surface area (Å²) in [4.78, 5) is 4.43.